The largest absolute Gasteiger partial charge is 0.497 e. The molecule has 0 spiro atoms. The molecule has 2 amide bonds. The van der Waals surface area contributed by atoms with Crippen LogP contribution in [0.15, 0.2) is 42.5 Å². The predicted molar refractivity (Wildman–Crippen MR) is 131 cm³/mol. The van der Waals surface area contributed by atoms with Gasteiger partial charge in [-0.1, -0.05) is 12.1 Å². The second-order valence-electron chi connectivity index (χ2n) is 9.27. The minimum absolute atomic E-state index is 0.0408. The van der Waals surface area contributed by atoms with Crippen LogP contribution in [-0.2, 0) is 20.9 Å². The fraction of sp³-hybridized carbons (Fsp3) is 0.462. The van der Waals surface area contributed by atoms with Crippen LogP contribution in [0.1, 0.15) is 29.9 Å². The molecule has 0 aromatic heterocycles. The maximum atomic E-state index is 12.6. The number of hydrogen-bond acceptors (Lipinski definition) is 7. The molecule has 188 valence electrons. The van der Waals surface area contributed by atoms with Crippen LogP contribution in [-0.4, -0.2) is 74.5 Å². The van der Waals surface area contributed by atoms with E-state index in [-0.39, 0.29) is 49.5 Å². The molecule has 0 bridgehead atoms. The van der Waals surface area contributed by atoms with Crippen LogP contribution in [0.2, 0.25) is 0 Å². The number of carbonyl (C=O) groups excluding carboxylic acids is 2. The van der Waals surface area contributed by atoms with Gasteiger partial charge < -0.3 is 34.9 Å². The molecule has 35 heavy (non-hydrogen) atoms. The standard InChI is InChI=1S/C26H33N3O6/c1-29(2)14-25(32)28-17-6-9-22-20(10-17)21-11-19(34-23(15-30)26(21)35-22)12-24(31)27-13-16-4-7-18(33-3)8-5-16/h4-10,19,21,23,26,30H,11-15H2,1-3H3,(H,27,31)(H,28,32)/t19-,21-,23-,26+/m1/s1. The van der Waals surface area contributed by atoms with Gasteiger partial charge in [0.25, 0.3) is 0 Å². The van der Waals surface area contributed by atoms with Crippen molar-refractivity contribution in [2.75, 3.05) is 39.7 Å². The Morgan fingerprint density at radius 2 is 1.91 bits per heavy atom. The van der Waals surface area contributed by atoms with E-state index >= 15 is 0 Å². The summed E-state index contributed by atoms with van der Waals surface area (Å²) < 4.78 is 17.3. The molecule has 2 aliphatic rings. The maximum Gasteiger partial charge on any atom is 0.238 e. The van der Waals surface area contributed by atoms with Gasteiger partial charge in [0, 0.05) is 23.7 Å². The molecule has 0 aliphatic carbocycles. The Kier molecular flexibility index (Phi) is 7.90. The van der Waals surface area contributed by atoms with Crippen molar-refractivity contribution in [1.29, 1.82) is 0 Å². The molecule has 9 heteroatoms. The molecule has 4 rings (SSSR count). The van der Waals surface area contributed by atoms with Gasteiger partial charge in [0.15, 0.2) is 0 Å². The minimum Gasteiger partial charge on any atom is -0.497 e. The number of nitrogens with zero attached hydrogens (tertiary/aromatic N) is 1. The third-order valence-corrected chi connectivity index (χ3v) is 6.30. The van der Waals surface area contributed by atoms with Gasteiger partial charge in [0.2, 0.25) is 11.8 Å². The summed E-state index contributed by atoms with van der Waals surface area (Å²) in [6, 6.07) is 13.1. The molecule has 2 aliphatic heterocycles. The SMILES string of the molecule is COc1ccc(CNC(=O)C[C@H]2C[C@@H]3c4cc(NC(=O)CN(C)C)ccc4O[C@@H]3[C@@H](CO)O2)cc1. The van der Waals surface area contributed by atoms with Crippen molar-refractivity contribution in [3.8, 4) is 11.5 Å². The Labute approximate surface area is 205 Å². The van der Waals surface area contributed by atoms with Gasteiger partial charge in [0.05, 0.1) is 32.8 Å². The molecule has 2 aromatic carbocycles. The minimum atomic E-state index is -0.535. The Bertz CT molecular complexity index is 1040. The first kappa shape index (κ1) is 25.0. The summed E-state index contributed by atoms with van der Waals surface area (Å²) in [5.41, 5.74) is 2.63. The van der Waals surface area contributed by atoms with Crippen molar-refractivity contribution in [2.45, 2.75) is 43.6 Å². The summed E-state index contributed by atoms with van der Waals surface area (Å²) in [4.78, 5) is 26.6. The number of benzene rings is 2. The lowest BCUT2D eigenvalue weighted by molar-refractivity contribution is -0.142. The van der Waals surface area contributed by atoms with Crippen LogP contribution in [0.5, 0.6) is 11.5 Å². The van der Waals surface area contributed by atoms with Gasteiger partial charge >= 0.3 is 0 Å². The molecule has 0 unspecified atom stereocenters. The lowest BCUT2D eigenvalue weighted by Crippen LogP contribution is -2.47. The van der Waals surface area contributed by atoms with E-state index in [4.69, 9.17) is 14.2 Å². The zero-order chi connectivity index (χ0) is 24.9. The summed E-state index contributed by atoms with van der Waals surface area (Å²) in [5, 5.41) is 15.8. The number of hydrogen-bond donors (Lipinski definition) is 3. The van der Waals surface area contributed by atoms with E-state index in [9.17, 15) is 14.7 Å². The van der Waals surface area contributed by atoms with Gasteiger partial charge in [-0.25, -0.2) is 0 Å². The number of likely N-dealkylation sites (N-methyl/N-ethyl adjacent to an activating group) is 1. The van der Waals surface area contributed by atoms with Gasteiger partial charge in [0.1, 0.15) is 23.7 Å². The normalized spacial score (nSPS) is 22.7. The number of fused-ring (bicyclic) bond motifs is 3. The van der Waals surface area contributed by atoms with E-state index in [1.807, 2.05) is 56.6 Å². The van der Waals surface area contributed by atoms with Gasteiger partial charge in [-0.3, -0.25) is 9.59 Å². The maximum absolute atomic E-state index is 12.6. The second-order valence-corrected chi connectivity index (χ2v) is 9.27. The van der Waals surface area contributed by atoms with Crippen molar-refractivity contribution < 1.29 is 28.9 Å². The fourth-order valence-corrected chi connectivity index (χ4v) is 4.68. The van der Waals surface area contributed by atoms with Gasteiger partial charge in [-0.2, -0.15) is 0 Å². The van der Waals surface area contributed by atoms with E-state index in [0.29, 0.717) is 18.7 Å². The molecule has 9 nitrogen and oxygen atoms in total. The summed E-state index contributed by atoms with van der Waals surface area (Å²) >= 11 is 0. The highest BCUT2D eigenvalue weighted by atomic mass is 16.6. The van der Waals surface area contributed by atoms with E-state index in [2.05, 4.69) is 10.6 Å². The van der Waals surface area contributed by atoms with Crippen LogP contribution >= 0.6 is 0 Å². The van der Waals surface area contributed by atoms with Crippen molar-refractivity contribution in [3.05, 3.63) is 53.6 Å². The molecule has 0 saturated carbocycles. The molecular formula is C26H33N3O6. The van der Waals surface area contributed by atoms with E-state index in [1.165, 1.54) is 0 Å². The first-order valence-electron chi connectivity index (χ1n) is 11.8. The number of amides is 2. The lowest BCUT2D eigenvalue weighted by Gasteiger charge is -2.37. The number of carbonyl (C=O) groups is 2. The smallest absolute Gasteiger partial charge is 0.238 e. The average Bonchev–Trinajstić information content (AvgIpc) is 3.20. The first-order chi connectivity index (χ1) is 16.9. The van der Waals surface area contributed by atoms with Gasteiger partial charge in [-0.15, -0.1) is 0 Å². The molecule has 1 saturated heterocycles. The van der Waals surface area contributed by atoms with Gasteiger partial charge in [-0.05, 0) is 56.4 Å². The number of anilines is 1. The highest BCUT2D eigenvalue weighted by Crippen LogP contribution is 2.47. The van der Waals surface area contributed by atoms with Crippen LogP contribution in [0.25, 0.3) is 0 Å². The molecule has 4 atom stereocenters. The second kappa shape index (κ2) is 11.1. The fourth-order valence-electron chi connectivity index (χ4n) is 4.68. The Balaban J connectivity index is 1.39. The molecule has 3 N–H and O–H groups in total. The first-order valence-corrected chi connectivity index (χ1v) is 11.8. The summed E-state index contributed by atoms with van der Waals surface area (Å²) in [7, 11) is 5.29. The number of methoxy groups -OCH3 is 1. The highest BCUT2D eigenvalue weighted by molar-refractivity contribution is 5.92. The molecule has 2 aromatic rings. The zero-order valence-corrected chi connectivity index (χ0v) is 20.3. The van der Waals surface area contributed by atoms with Crippen molar-refractivity contribution in [3.63, 3.8) is 0 Å². The Morgan fingerprint density at radius 3 is 2.60 bits per heavy atom. The molecule has 0 radical (unpaired) electrons. The summed E-state index contributed by atoms with van der Waals surface area (Å²) in [6.07, 6.45) is -0.455. The Hall–Kier alpha value is -3.14. The molecular weight excluding hydrogens is 450 g/mol. The van der Waals surface area contributed by atoms with Crippen molar-refractivity contribution in [1.82, 2.24) is 10.2 Å². The molecule has 1 fully saturated rings. The number of aliphatic hydroxyl groups is 1. The third-order valence-electron chi connectivity index (χ3n) is 6.30. The van der Waals surface area contributed by atoms with Crippen LogP contribution in [0.4, 0.5) is 5.69 Å². The quantitative estimate of drug-likeness (QED) is 0.500. The highest BCUT2D eigenvalue weighted by Gasteiger charge is 2.46. The number of ether oxygens (including phenoxy) is 3. The summed E-state index contributed by atoms with van der Waals surface area (Å²) in [5.74, 6) is 1.22. The predicted octanol–water partition coefficient (Wildman–Crippen LogP) is 1.90. The average molecular weight is 484 g/mol. The monoisotopic (exact) mass is 483 g/mol. The van der Waals surface area contributed by atoms with E-state index in [0.717, 1.165) is 22.6 Å². The van der Waals surface area contributed by atoms with Crippen LogP contribution in [0.3, 0.4) is 0 Å². The summed E-state index contributed by atoms with van der Waals surface area (Å²) in [6.45, 7) is 0.492. The van der Waals surface area contributed by atoms with Crippen LogP contribution < -0.4 is 20.1 Å². The van der Waals surface area contributed by atoms with E-state index < -0.39 is 6.10 Å². The van der Waals surface area contributed by atoms with Crippen LogP contribution in [0, 0.1) is 0 Å². The lowest BCUT2D eigenvalue weighted by atomic mass is 9.84. The van der Waals surface area contributed by atoms with Crippen molar-refractivity contribution >= 4 is 17.5 Å². The van der Waals surface area contributed by atoms with Crippen molar-refractivity contribution in [2.24, 2.45) is 0 Å². The topological polar surface area (TPSA) is 109 Å². The number of nitrogens with one attached hydrogen (secondary N) is 2. The van der Waals surface area contributed by atoms with E-state index in [1.54, 1.807) is 12.0 Å². The Morgan fingerprint density at radius 1 is 1.14 bits per heavy atom. The molecule has 2 heterocycles. The zero-order valence-electron chi connectivity index (χ0n) is 20.3. The third kappa shape index (κ3) is 6.11. The number of rotatable bonds is 9. The number of aliphatic hydroxyl groups excluding tert-OH is 1.